The van der Waals surface area contributed by atoms with E-state index in [1.807, 2.05) is 12.1 Å². The molecule has 0 N–H and O–H groups in total. The molecule has 72 valence electrons. The maximum absolute atomic E-state index is 12.6. The van der Waals surface area contributed by atoms with Crippen LogP contribution in [-0.2, 0) is 6.42 Å². The minimum atomic E-state index is -0.166. The van der Waals surface area contributed by atoms with E-state index in [9.17, 15) is 4.39 Å². The van der Waals surface area contributed by atoms with Crippen LogP contribution >= 0.6 is 15.9 Å². The summed E-state index contributed by atoms with van der Waals surface area (Å²) in [5.41, 5.74) is 1.42. The molecule has 0 saturated carbocycles. The summed E-state index contributed by atoms with van der Waals surface area (Å²) in [7, 11) is 0. The van der Waals surface area contributed by atoms with Crippen LogP contribution in [0.2, 0.25) is 0 Å². The molecule has 2 heteroatoms. The van der Waals surface area contributed by atoms with Gasteiger partial charge in [0.1, 0.15) is 5.82 Å². The third-order valence-electron chi connectivity index (χ3n) is 1.96. The number of hydrogen-bond acceptors (Lipinski definition) is 0. The highest BCUT2D eigenvalue weighted by atomic mass is 79.9. The zero-order chi connectivity index (χ0) is 9.90. The average molecular weight is 245 g/mol. The van der Waals surface area contributed by atoms with Gasteiger partial charge in [-0.15, -0.1) is 0 Å². The van der Waals surface area contributed by atoms with E-state index in [0.29, 0.717) is 0 Å². The third-order valence-corrected chi connectivity index (χ3v) is 3.48. The van der Waals surface area contributed by atoms with Gasteiger partial charge < -0.3 is 0 Å². The van der Waals surface area contributed by atoms with Crippen molar-refractivity contribution in [1.29, 1.82) is 0 Å². The summed E-state index contributed by atoms with van der Waals surface area (Å²) in [6.07, 6.45) is 0.971. The van der Waals surface area contributed by atoms with Crippen LogP contribution in [0.3, 0.4) is 0 Å². The third kappa shape index (κ3) is 3.47. The highest BCUT2D eigenvalue weighted by Gasteiger charge is 2.16. The Labute approximate surface area is 87.3 Å². The molecule has 0 aliphatic rings. The van der Waals surface area contributed by atoms with Crippen LogP contribution < -0.4 is 0 Å². The van der Waals surface area contributed by atoms with E-state index in [-0.39, 0.29) is 11.2 Å². The monoisotopic (exact) mass is 244 g/mol. The standard InChI is InChI=1S/C11H14BrF/c1-11(2,8-12)7-9-3-5-10(13)6-4-9/h3-6H,7-8H2,1-2H3. The van der Waals surface area contributed by atoms with Crippen molar-refractivity contribution in [3.63, 3.8) is 0 Å². The highest BCUT2D eigenvalue weighted by molar-refractivity contribution is 9.09. The lowest BCUT2D eigenvalue weighted by atomic mass is 9.88. The van der Waals surface area contributed by atoms with Crippen LogP contribution in [0.5, 0.6) is 0 Å². The van der Waals surface area contributed by atoms with Crippen molar-refractivity contribution in [1.82, 2.24) is 0 Å². The summed E-state index contributed by atoms with van der Waals surface area (Å²) in [5.74, 6) is -0.166. The summed E-state index contributed by atoms with van der Waals surface area (Å²) in [5, 5.41) is 0.956. The molecule has 0 atom stereocenters. The van der Waals surface area contributed by atoms with Crippen molar-refractivity contribution in [3.05, 3.63) is 35.6 Å². The molecular weight excluding hydrogens is 231 g/mol. The van der Waals surface area contributed by atoms with Gasteiger partial charge in [0.25, 0.3) is 0 Å². The molecule has 0 amide bonds. The fourth-order valence-electron chi connectivity index (χ4n) is 1.20. The van der Waals surface area contributed by atoms with Crippen molar-refractivity contribution in [2.24, 2.45) is 5.41 Å². The van der Waals surface area contributed by atoms with E-state index in [1.54, 1.807) is 0 Å². The molecular formula is C11H14BrF. The molecule has 1 aromatic carbocycles. The number of hydrogen-bond donors (Lipinski definition) is 0. The van der Waals surface area contributed by atoms with Crippen molar-refractivity contribution in [2.75, 3.05) is 5.33 Å². The van der Waals surface area contributed by atoms with Crippen molar-refractivity contribution < 1.29 is 4.39 Å². The zero-order valence-electron chi connectivity index (χ0n) is 7.98. The van der Waals surface area contributed by atoms with E-state index < -0.39 is 0 Å². The summed E-state index contributed by atoms with van der Waals surface area (Å²) in [6.45, 7) is 4.37. The zero-order valence-corrected chi connectivity index (χ0v) is 9.57. The minimum Gasteiger partial charge on any atom is -0.207 e. The lowest BCUT2D eigenvalue weighted by Gasteiger charge is -2.21. The van der Waals surface area contributed by atoms with E-state index in [4.69, 9.17) is 0 Å². The SMILES string of the molecule is CC(C)(CBr)Cc1ccc(F)cc1. The second-order valence-electron chi connectivity index (χ2n) is 4.10. The molecule has 0 spiro atoms. The van der Waals surface area contributed by atoms with Crippen molar-refractivity contribution in [2.45, 2.75) is 20.3 Å². The molecule has 0 aliphatic carbocycles. The molecule has 1 rings (SSSR count). The quantitative estimate of drug-likeness (QED) is 0.710. The maximum Gasteiger partial charge on any atom is 0.123 e. The topological polar surface area (TPSA) is 0 Å². The lowest BCUT2D eigenvalue weighted by molar-refractivity contribution is 0.424. The molecule has 0 fully saturated rings. The molecule has 0 nitrogen and oxygen atoms in total. The Morgan fingerprint density at radius 3 is 2.23 bits per heavy atom. The van der Waals surface area contributed by atoms with Gasteiger partial charge in [-0.05, 0) is 29.5 Å². The van der Waals surface area contributed by atoms with Gasteiger partial charge in [0.2, 0.25) is 0 Å². The molecule has 0 saturated heterocycles. The van der Waals surface area contributed by atoms with Crippen LogP contribution in [0.4, 0.5) is 4.39 Å². The lowest BCUT2D eigenvalue weighted by Crippen LogP contribution is -2.16. The predicted molar refractivity (Wildman–Crippen MR) is 57.7 cm³/mol. The predicted octanol–water partition coefficient (Wildman–Crippen LogP) is 3.79. The minimum absolute atomic E-state index is 0.166. The first-order valence-electron chi connectivity index (χ1n) is 4.34. The van der Waals surface area contributed by atoms with Gasteiger partial charge in [0, 0.05) is 5.33 Å². The number of halogens is 2. The molecule has 1 aromatic rings. The van der Waals surface area contributed by atoms with Crippen LogP contribution in [0.25, 0.3) is 0 Å². The molecule has 0 bridgehead atoms. The van der Waals surface area contributed by atoms with Crippen LogP contribution in [-0.4, -0.2) is 5.33 Å². The molecule has 13 heavy (non-hydrogen) atoms. The average Bonchev–Trinajstić information content (AvgIpc) is 2.09. The first kappa shape index (κ1) is 10.7. The van der Waals surface area contributed by atoms with Crippen molar-refractivity contribution >= 4 is 15.9 Å². The van der Waals surface area contributed by atoms with Crippen LogP contribution in [0.15, 0.2) is 24.3 Å². The first-order chi connectivity index (χ1) is 6.03. The fraction of sp³-hybridized carbons (Fsp3) is 0.455. The number of alkyl halides is 1. The summed E-state index contributed by atoms with van der Waals surface area (Å²) < 4.78 is 12.6. The molecule has 0 heterocycles. The number of rotatable bonds is 3. The Morgan fingerprint density at radius 2 is 1.77 bits per heavy atom. The van der Waals surface area contributed by atoms with Gasteiger partial charge in [0.05, 0.1) is 0 Å². The molecule has 0 aliphatic heterocycles. The van der Waals surface area contributed by atoms with E-state index in [0.717, 1.165) is 11.8 Å². The van der Waals surface area contributed by atoms with Crippen molar-refractivity contribution in [3.8, 4) is 0 Å². The smallest absolute Gasteiger partial charge is 0.123 e. The second kappa shape index (κ2) is 4.23. The van der Waals surface area contributed by atoms with Gasteiger partial charge in [-0.2, -0.15) is 0 Å². The van der Waals surface area contributed by atoms with Gasteiger partial charge >= 0.3 is 0 Å². The number of benzene rings is 1. The Kier molecular flexibility index (Phi) is 3.48. The fourth-order valence-corrected chi connectivity index (χ4v) is 1.40. The summed E-state index contributed by atoms with van der Waals surface area (Å²) >= 11 is 3.47. The summed E-state index contributed by atoms with van der Waals surface area (Å²) in [4.78, 5) is 0. The van der Waals surface area contributed by atoms with E-state index in [1.165, 1.54) is 17.7 Å². The second-order valence-corrected chi connectivity index (χ2v) is 4.66. The van der Waals surface area contributed by atoms with Gasteiger partial charge in [-0.3, -0.25) is 0 Å². The highest BCUT2D eigenvalue weighted by Crippen LogP contribution is 2.23. The Hall–Kier alpha value is -0.370. The van der Waals surface area contributed by atoms with Crippen LogP contribution in [0.1, 0.15) is 19.4 Å². The molecule has 0 unspecified atom stereocenters. The Bertz CT molecular complexity index is 264. The van der Waals surface area contributed by atoms with Gasteiger partial charge in [0.15, 0.2) is 0 Å². The first-order valence-corrected chi connectivity index (χ1v) is 5.46. The van der Waals surface area contributed by atoms with Crippen LogP contribution in [0, 0.1) is 11.2 Å². The summed E-state index contributed by atoms with van der Waals surface area (Å²) in [6, 6.07) is 6.72. The Morgan fingerprint density at radius 1 is 1.23 bits per heavy atom. The molecule has 0 radical (unpaired) electrons. The van der Waals surface area contributed by atoms with E-state index >= 15 is 0 Å². The normalized spacial score (nSPS) is 11.7. The van der Waals surface area contributed by atoms with Gasteiger partial charge in [-0.1, -0.05) is 41.9 Å². The largest absolute Gasteiger partial charge is 0.207 e. The van der Waals surface area contributed by atoms with Gasteiger partial charge in [-0.25, -0.2) is 4.39 Å². The van der Waals surface area contributed by atoms with E-state index in [2.05, 4.69) is 29.8 Å². The maximum atomic E-state index is 12.6. The Balaban J connectivity index is 2.69. The molecule has 0 aromatic heterocycles.